The van der Waals surface area contributed by atoms with E-state index in [1.807, 2.05) is 32.2 Å². The molecule has 1 rings (SSSR count). The van der Waals surface area contributed by atoms with Crippen LogP contribution in [-0.2, 0) is 11.3 Å². The number of pyridine rings is 1. The van der Waals surface area contributed by atoms with Gasteiger partial charge in [-0.1, -0.05) is 6.07 Å². The smallest absolute Gasteiger partial charge is 0.131 e. The van der Waals surface area contributed by atoms with Crippen molar-refractivity contribution in [1.29, 1.82) is 0 Å². The van der Waals surface area contributed by atoms with Crippen molar-refractivity contribution < 1.29 is 4.79 Å². The Morgan fingerprint density at radius 3 is 2.80 bits per heavy atom. The van der Waals surface area contributed by atoms with Crippen LogP contribution in [0.25, 0.3) is 0 Å². The van der Waals surface area contributed by atoms with Gasteiger partial charge in [0.15, 0.2) is 0 Å². The number of aromatic nitrogens is 1. The molecule has 0 aliphatic rings. The highest BCUT2D eigenvalue weighted by Crippen LogP contribution is 2.02. The molecule has 0 aromatic carbocycles. The third-order valence-electron chi connectivity index (χ3n) is 2.22. The number of hydrogen-bond acceptors (Lipinski definition) is 3. The Morgan fingerprint density at radius 1 is 1.47 bits per heavy atom. The first kappa shape index (κ1) is 11.9. The van der Waals surface area contributed by atoms with E-state index in [1.54, 1.807) is 6.92 Å². The van der Waals surface area contributed by atoms with Crippen molar-refractivity contribution >= 4 is 5.78 Å². The predicted molar refractivity (Wildman–Crippen MR) is 60.6 cm³/mol. The molecule has 3 heteroatoms. The van der Waals surface area contributed by atoms with Crippen molar-refractivity contribution in [2.24, 2.45) is 0 Å². The van der Waals surface area contributed by atoms with Crippen molar-refractivity contribution in [2.75, 3.05) is 13.6 Å². The third-order valence-corrected chi connectivity index (χ3v) is 2.22. The van der Waals surface area contributed by atoms with Crippen LogP contribution < -0.4 is 0 Å². The molecular weight excluding hydrogens is 188 g/mol. The predicted octanol–water partition coefficient (Wildman–Crippen LogP) is 1.80. The number of aryl methyl sites for hydroxylation is 1. The first-order valence-corrected chi connectivity index (χ1v) is 5.18. The summed E-state index contributed by atoms with van der Waals surface area (Å²) in [7, 11) is 2.01. The maximum atomic E-state index is 10.8. The molecule has 0 aliphatic carbocycles. The van der Waals surface area contributed by atoms with E-state index in [9.17, 15) is 4.79 Å². The average Bonchev–Trinajstić information content (AvgIpc) is 2.15. The van der Waals surface area contributed by atoms with Crippen molar-refractivity contribution in [2.45, 2.75) is 26.8 Å². The van der Waals surface area contributed by atoms with Crippen LogP contribution in [0.3, 0.4) is 0 Å². The van der Waals surface area contributed by atoms with Gasteiger partial charge in [0.2, 0.25) is 0 Å². The summed E-state index contributed by atoms with van der Waals surface area (Å²) in [4.78, 5) is 17.3. The normalized spacial score (nSPS) is 10.7. The Morgan fingerprint density at radius 2 is 2.20 bits per heavy atom. The zero-order chi connectivity index (χ0) is 11.3. The number of carbonyl (C=O) groups is 1. The lowest BCUT2D eigenvalue weighted by Gasteiger charge is -2.15. The summed E-state index contributed by atoms with van der Waals surface area (Å²) < 4.78 is 0. The summed E-state index contributed by atoms with van der Waals surface area (Å²) in [5.74, 6) is 0.235. The van der Waals surface area contributed by atoms with E-state index in [-0.39, 0.29) is 5.78 Å². The van der Waals surface area contributed by atoms with E-state index in [4.69, 9.17) is 0 Å². The van der Waals surface area contributed by atoms with E-state index in [0.29, 0.717) is 6.42 Å². The number of Topliss-reactive ketones (excluding diaryl/α,β-unsaturated/α-hetero) is 1. The molecule has 82 valence electrons. The van der Waals surface area contributed by atoms with Gasteiger partial charge in [-0.25, -0.2) is 0 Å². The van der Waals surface area contributed by atoms with E-state index >= 15 is 0 Å². The highest BCUT2D eigenvalue weighted by Gasteiger charge is 2.02. The molecule has 1 heterocycles. The van der Waals surface area contributed by atoms with Gasteiger partial charge >= 0.3 is 0 Å². The monoisotopic (exact) mass is 206 g/mol. The van der Waals surface area contributed by atoms with Gasteiger partial charge in [0.25, 0.3) is 0 Å². The van der Waals surface area contributed by atoms with Crippen LogP contribution in [0.15, 0.2) is 18.2 Å². The molecule has 0 spiro atoms. The van der Waals surface area contributed by atoms with Gasteiger partial charge < -0.3 is 4.90 Å². The van der Waals surface area contributed by atoms with Gasteiger partial charge in [0, 0.05) is 25.2 Å². The highest BCUT2D eigenvalue weighted by molar-refractivity contribution is 5.75. The minimum absolute atomic E-state index is 0.235. The summed E-state index contributed by atoms with van der Waals surface area (Å²) in [5, 5.41) is 0. The number of ketones is 1. The lowest BCUT2D eigenvalue weighted by atomic mass is 10.2. The molecule has 0 bridgehead atoms. The fourth-order valence-corrected chi connectivity index (χ4v) is 1.39. The molecule has 3 nitrogen and oxygen atoms in total. The molecule has 0 unspecified atom stereocenters. The number of nitrogens with zero attached hydrogens (tertiary/aromatic N) is 2. The molecule has 0 N–H and O–H groups in total. The maximum absolute atomic E-state index is 10.8. The van der Waals surface area contributed by atoms with Crippen molar-refractivity contribution in [3.63, 3.8) is 0 Å². The van der Waals surface area contributed by atoms with Gasteiger partial charge in [-0.2, -0.15) is 0 Å². The highest BCUT2D eigenvalue weighted by atomic mass is 16.1. The van der Waals surface area contributed by atoms with E-state index in [1.165, 1.54) is 0 Å². The molecule has 1 aromatic heterocycles. The molecule has 0 saturated carbocycles. The molecule has 0 saturated heterocycles. The lowest BCUT2D eigenvalue weighted by molar-refractivity contribution is -0.117. The lowest BCUT2D eigenvalue weighted by Crippen LogP contribution is -2.21. The van der Waals surface area contributed by atoms with Gasteiger partial charge in [-0.15, -0.1) is 0 Å². The molecule has 0 radical (unpaired) electrons. The second kappa shape index (κ2) is 5.61. The van der Waals surface area contributed by atoms with Gasteiger partial charge in [0.1, 0.15) is 5.78 Å². The quantitative estimate of drug-likeness (QED) is 0.736. The van der Waals surface area contributed by atoms with Crippen LogP contribution in [0.5, 0.6) is 0 Å². The first-order chi connectivity index (χ1) is 7.08. The Bertz CT molecular complexity index is 336. The molecule has 0 aliphatic heterocycles. The summed E-state index contributed by atoms with van der Waals surface area (Å²) in [6.07, 6.45) is 0.613. The topological polar surface area (TPSA) is 33.2 Å². The Hall–Kier alpha value is -1.22. The first-order valence-electron chi connectivity index (χ1n) is 5.18. The Balaban J connectivity index is 2.44. The largest absolute Gasteiger partial charge is 0.300 e. The van der Waals surface area contributed by atoms with E-state index in [2.05, 4.69) is 9.88 Å². The summed E-state index contributed by atoms with van der Waals surface area (Å²) in [6.45, 7) is 5.21. The zero-order valence-corrected chi connectivity index (χ0v) is 9.66. The maximum Gasteiger partial charge on any atom is 0.131 e. The number of rotatable bonds is 5. The third kappa shape index (κ3) is 4.70. The molecule has 1 aromatic rings. The van der Waals surface area contributed by atoms with Crippen LogP contribution in [0.4, 0.5) is 0 Å². The standard InChI is InChI=1S/C12H18N2O/c1-10-5-4-6-12(13-10)9-14(3)8-7-11(2)15/h4-6H,7-9H2,1-3H3. The fraction of sp³-hybridized carbons (Fsp3) is 0.500. The Kier molecular flexibility index (Phi) is 4.43. The van der Waals surface area contributed by atoms with Crippen LogP contribution in [0.1, 0.15) is 24.7 Å². The average molecular weight is 206 g/mol. The zero-order valence-electron chi connectivity index (χ0n) is 9.66. The van der Waals surface area contributed by atoms with Crippen LogP contribution in [-0.4, -0.2) is 29.3 Å². The number of hydrogen-bond donors (Lipinski definition) is 0. The van der Waals surface area contributed by atoms with Gasteiger partial charge in [-0.3, -0.25) is 9.78 Å². The summed E-state index contributed by atoms with van der Waals surface area (Å²) in [5.41, 5.74) is 2.09. The molecule has 0 fully saturated rings. The second-order valence-corrected chi connectivity index (χ2v) is 3.96. The fourth-order valence-electron chi connectivity index (χ4n) is 1.39. The number of carbonyl (C=O) groups excluding carboxylic acids is 1. The molecule has 0 amide bonds. The summed E-state index contributed by atoms with van der Waals surface area (Å²) >= 11 is 0. The molecule has 15 heavy (non-hydrogen) atoms. The summed E-state index contributed by atoms with van der Waals surface area (Å²) in [6, 6.07) is 6.01. The molecule has 0 atom stereocenters. The van der Waals surface area contributed by atoms with Gasteiger partial charge in [0.05, 0.1) is 5.69 Å². The Labute approximate surface area is 91.1 Å². The van der Waals surface area contributed by atoms with E-state index in [0.717, 1.165) is 24.5 Å². The minimum Gasteiger partial charge on any atom is -0.300 e. The second-order valence-electron chi connectivity index (χ2n) is 3.96. The van der Waals surface area contributed by atoms with Crippen molar-refractivity contribution in [1.82, 2.24) is 9.88 Å². The van der Waals surface area contributed by atoms with Crippen LogP contribution in [0.2, 0.25) is 0 Å². The SMILES string of the molecule is CC(=O)CCN(C)Cc1cccc(C)n1. The van der Waals surface area contributed by atoms with Crippen LogP contribution in [0, 0.1) is 6.92 Å². The van der Waals surface area contributed by atoms with E-state index < -0.39 is 0 Å². The molecular formula is C12H18N2O. The van der Waals surface area contributed by atoms with Crippen molar-refractivity contribution in [3.05, 3.63) is 29.6 Å². The minimum atomic E-state index is 0.235. The van der Waals surface area contributed by atoms with Crippen molar-refractivity contribution in [3.8, 4) is 0 Å². The van der Waals surface area contributed by atoms with Gasteiger partial charge in [-0.05, 0) is 33.0 Å². The van der Waals surface area contributed by atoms with Crippen LogP contribution >= 0.6 is 0 Å².